The highest BCUT2D eigenvalue weighted by molar-refractivity contribution is 4.82. The first-order chi connectivity index (χ1) is 6.90. The Hall–Kier alpha value is -0.0800. The molecule has 14 heavy (non-hydrogen) atoms. The van der Waals surface area contributed by atoms with Gasteiger partial charge in [-0.05, 0) is 57.7 Å². The van der Waals surface area contributed by atoms with Crippen LogP contribution >= 0.6 is 0 Å². The molecule has 0 aromatic rings. The molecule has 2 nitrogen and oxygen atoms in total. The molecule has 0 aromatic heterocycles. The van der Waals surface area contributed by atoms with Crippen molar-refractivity contribution < 1.29 is 0 Å². The number of rotatable bonds is 3. The van der Waals surface area contributed by atoms with Crippen molar-refractivity contribution in [3.8, 4) is 0 Å². The zero-order valence-electron chi connectivity index (χ0n) is 9.25. The van der Waals surface area contributed by atoms with Gasteiger partial charge in [0.15, 0.2) is 0 Å². The number of nitrogens with zero attached hydrogens (tertiary/aromatic N) is 1. The van der Waals surface area contributed by atoms with E-state index in [0.717, 1.165) is 18.5 Å². The molecule has 1 heterocycles. The maximum absolute atomic E-state index is 5.64. The molecule has 0 bridgehead atoms. The Kier molecular flexibility index (Phi) is 3.82. The Morgan fingerprint density at radius 3 is 2.57 bits per heavy atom. The zero-order valence-corrected chi connectivity index (χ0v) is 9.25. The third-order valence-corrected chi connectivity index (χ3v) is 3.99. The molecule has 82 valence electrons. The van der Waals surface area contributed by atoms with Crippen LogP contribution in [0.4, 0.5) is 0 Å². The number of likely N-dealkylation sites (tertiary alicyclic amines) is 1. The van der Waals surface area contributed by atoms with E-state index in [9.17, 15) is 0 Å². The van der Waals surface area contributed by atoms with Crippen molar-refractivity contribution in [1.82, 2.24) is 4.90 Å². The van der Waals surface area contributed by atoms with Crippen molar-refractivity contribution in [3.05, 3.63) is 0 Å². The lowest BCUT2D eigenvalue weighted by atomic mass is 9.83. The normalized spacial score (nSPS) is 34.9. The summed E-state index contributed by atoms with van der Waals surface area (Å²) in [7, 11) is 0. The summed E-state index contributed by atoms with van der Waals surface area (Å²) in [5.41, 5.74) is 5.64. The molecular formula is C12H24N2. The molecule has 2 unspecified atom stereocenters. The van der Waals surface area contributed by atoms with E-state index in [4.69, 9.17) is 5.73 Å². The summed E-state index contributed by atoms with van der Waals surface area (Å²) < 4.78 is 0. The van der Waals surface area contributed by atoms with Gasteiger partial charge in [0.25, 0.3) is 0 Å². The van der Waals surface area contributed by atoms with Crippen LogP contribution in [-0.4, -0.2) is 30.6 Å². The van der Waals surface area contributed by atoms with Gasteiger partial charge >= 0.3 is 0 Å². The summed E-state index contributed by atoms with van der Waals surface area (Å²) in [6, 6.07) is 0.905. The monoisotopic (exact) mass is 196 g/mol. The van der Waals surface area contributed by atoms with E-state index in [0.29, 0.717) is 0 Å². The van der Waals surface area contributed by atoms with Gasteiger partial charge in [-0.25, -0.2) is 0 Å². The first-order valence-electron chi connectivity index (χ1n) is 6.34. The SMILES string of the molecule is NCCC1CCCC(N2CCCC2)C1. The third-order valence-electron chi connectivity index (χ3n) is 3.99. The lowest BCUT2D eigenvalue weighted by Crippen LogP contribution is -2.37. The van der Waals surface area contributed by atoms with Crippen molar-refractivity contribution in [3.63, 3.8) is 0 Å². The van der Waals surface area contributed by atoms with Gasteiger partial charge in [-0.1, -0.05) is 12.8 Å². The number of hydrogen-bond acceptors (Lipinski definition) is 2. The maximum atomic E-state index is 5.64. The minimum Gasteiger partial charge on any atom is -0.330 e. The average molecular weight is 196 g/mol. The van der Waals surface area contributed by atoms with E-state index in [1.165, 1.54) is 58.0 Å². The van der Waals surface area contributed by atoms with E-state index in [1.54, 1.807) is 0 Å². The van der Waals surface area contributed by atoms with Crippen LogP contribution in [0.3, 0.4) is 0 Å². The first kappa shape index (κ1) is 10.4. The van der Waals surface area contributed by atoms with Crippen molar-refractivity contribution >= 4 is 0 Å². The molecule has 2 fully saturated rings. The standard InChI is InChI=1S/C12H24N2/c13-7-6-11-4-3-5-12(10-11)14-8-1-2-9-14/h11-12H,1-10,13H2. The number of hydrogen-bond donors (Lipinski definition) is 1. The molecule has 2 atom stereocenters. The van der Waals surface area contributed by atoms with Crippen LogP contribution in [0.2, 0.25) is 0 Å². The Bertz CT molecular complexity index is 162. The second kappa shape index (κ2) is 5.13. The molecule has 2 N–H and O–H groups in total. The molecule has 2 rings (SSSR count). The fraction of sp³-hybridized carbons (Fsp3) is 1.00. The second-order valence-corrected chi connectivity index (χ2v) is 5.01. The molecule has 0 amide bonds. The van der Waals surface area contributed by atoms with Gasteiger partial charge in [0, 0.05) is 6.04 Å². The Labute approximate surface area is 87.8 Å². The second-order valence-electron chi connectivity index (χ2n) is 5.01. The van der Waals surface area contributed by atoms with Gasteiger partial charge in [-0.3, -0.25) is 0 Å². The van der Waals surface area contributed by atoms with Crippen LogP contribution in [-0.2, 0) is 0 Å². The summed E-state index contributed by atoms with van der Waals surface area (Å²) in [5, 5.41) is 0. The molecule has 1 saturated carbocycles. The Balaban J connectivity index is 1.80. The van der Waals surface area contributed by atoms with Gasteiger partial charge in [-0.2, -0.15) is 0 Å². The number of nitrogens with two attached hydrogens (primary N) is 1. The van der Waals surface area contributed by atoms with Crippen LogP contribution in [0, 0.1) is 5.92 Å². The summed E-state index contributed by atoms with van der Waals surface area (Å²) in [6.07, 6.45) is 9.85. The molecule has 1 saturated heterocycles. The molecule has 2 aliphatic rings. The summed E-state index contributed by atoms with van der Waals surface area (Å²) in [6.45, 7) is 3.61. The Morgan fingerprint density at radius 2 is 1.86 bits per heavy atom. The fourth-order valence-electron chi connectivity index (χ4n) is 3.20. The van der Waals surface area contributed by atoms with Crippen LogP contribution in [0.1, 0.15) is 44.9 Å². The van der Waals surface area contributed by atoms with E-state index in [1.807, 2.05) is 0 Å². The van der Waals surface area contributed by atoms with Crippen molar-refractivity contribution in [1.29, 1.82) is 0 Å². The van der Waals surface area contributed by atoms with Gasteiger partial charge in [0.1, 0.15) is 0 Å². The van der Waals surface area contributed by atoms with Crippen LogP contribution in [0.5, 0.6) is 0 Å². The minimum absolute atomic E-state index is 0.886. The summed E-state index contributed by atoms with van der Waals surface area (Å²) in [4.78, 5) is 2.72. The lowest BCUT2D eigenvalue weighted by Gasteiger charge is -2.35. The van der Waals surface area contributed by atoms with Crippen LogP contribution in [0.15, 0.2) is 0 Å². The topological polar surface area (TPSA) is 29.3 Å². The molecule has 0 radical (unpaired) electrons. The smallest absolute Gasteiger partial charge is 0.00979 e. The fourth-order valence-corrected chi connectivity index (χ4v) is 3.20. The van der Waals surface area contributed by atoms with Crippen molar-refractivity contribution in [2.45, 2.75) is 51.0 Å². The van der Waals surface area contributed by atoms with E-state index in [2.05, 4.69) is 4.90 Å². The quantitative estimate of drug-likeness (QED) is 0.748. The molecule has 1 aliphatic carbocycles. The van der Waals surface area contributed by atoms with E-state index in [-0.39, 0.29) is 0 Å². The van der Waals surface area contributed by atoms with Crippen LogP contribution < -0.4 is 5.73 Å². The van der Waals surface area contributed by atoms with Crippen molar-refractivity contribution in [2.75, 3.05) is 19.6 Å². The Morgan fingerprint density at radius 1 is 1.07 bits per heavy atom. The maximum Gasteiger partial charge on any atom is 0.00979 e. The van der Waals surface area contributed by atoms with Crippen molar-refractivity contribution in [2.24, 2.45) is 11.7 Å². The average Bonchev–Trinajstić information content (AvgIpc) is 2.71. The largest absolute Gasteiger partial charge is 0.330 e. The zero-order chi connectivity index (χ0) is 9.80. The molecule has 0 spiro atoms. The summed E-state index contributed by atoms with van der Waals surface area (Å²) in [5.74, 6) is 0.930. The lowest BCUT2D eigenvalue weighted by molar-refractivity contribution is 0.154. The molecule has 0 aromatic carbocycles. The van der Waals surface area contributed by atoms with E-state index >= 15 is 0 Å². The minimum atomic E-state index is 0.886. The predicted octanol–water partition coefficient (Wildman–Crippen LogP) is 1.99. The highest BCUT2D eigenvalue weighted by Gasteiger charge is 2.27. The summed E-state index contributed by atoms with van der Waals surface area (Å²) >= 11 is 0. The highest BCUT2D eigenvalue weighted by atomic mass is 15.2. The van der Waals surface area contributed by atoms with Gasteiger partial charge in [0.05, 0.1) is 0 Å². The van der Waals surface area contributed by atoms with Gasteiger partial charge in [-0.15, -0.1) is 0 Å². The predicted molar refractivity (Wildman–Crippen MR) is 60.2 cm³/mol. The van der Waals surface area contributed by atoms with E-state index < -0.39 is 0 Å². The van der Waals surface area contributed by atoms with Gasteiger partial charge in [0.2, 0.25) is 0 Å². The molecular weight excluding hydrogens is 172 g/mol. The highest BCUT2D eigenvalue weighted by Crippen LogP contribution is 2.31. The molecule has 2 heteroatoms. The van der Waals surface area contributed by atoms with Crippen LogP contribution in [0.25, 0.3) is 0 Å². The third kappa shape index (κ3) is 2.48. The molecule has 1 aliphatic heterocycles. The van der Waals surface area contributed by atoms with Gasteiger partial charge < -0.3 is 10.6 Å². The first-order valence-corrected chi connectivity index (χ1v) is 6.34.